The van der Waals surface area contributed by atoms with Crippen molar-refractivity contribution in [3.8, 4) is 0 Å². The highest BCUT2D eigenvalue weighted by molar-refractivity contribution is 7.10. The summed E-state index contributed by atoms with van der Waals surface area (Å²) >= 11 is 1.74. The Morgan fingerprint density at radius 1 is 1.23 bits per heavy atom. The molecule has 1 aromatic heterocycles. The van der Waals surface area contributed by atoms with Gasteiger partial charge >= 0.3 is 0 Å². The number of hydrogen-bond acceptors (Lipinski definition) is 4. The van der Waals surface area contributed by atoms with Crippen LogP contribution in [0.3, 0.4) is 0 Å². The number of thiophene rings is 1. The number of morpholine rings is 1. The van der Waals surface area contributed by atoms with E-state index in [1.807, 2.05) is 6.92 Å². The molecule has 0 amide bonds. The molecular weight excluding hydrogens is 406 g/mol. The topological polar surface area (TPSA) is 48.9 Å². The maximum atomic E-state index is 14.1. The van der Waals surface area contributed by atoms with E-state index in [1.165, 1.54) is 23.1 Å². The Balaban J connectivity index is 1.44. The van der Waals surface area contributed by atoms with Gasteiger partial charge in [0.25, 0.3) is 0 Å². The molecule has 30 heavy (non-hydrogen) atoms. The molecule has 162 valence electrons. The highest BCUT2D eigenvalue weighted by atomic mass is 32.1. The van der Waals surface area contributed by atoms with Gasteiger partial charge in [0, 0.05) is 42.0 Å². The van der Waals surface area contributed by atoms with Gasteiger partial charge in [-0.05, 0) is 36.9 Å². The fourth-order valence-corrected chi connectivity index (χ4v) is 4.82. The maximum absolute atomic E-state index is 14.1. The molecule has 3 unspecified atom stereocenters. The molecule has 1 aromatic carbocycles. The van der Waals surface area contributed by atoms with Crippen molar-refractivity contribution in [2.45, 2.75) is 31.3 Å². The van der Waals surface area contributed by atoms with E-state index in [9.17, 15) is 8.78 Å². The minimum absolute atomic E-state index is 0.0159. The standard InChI is InChI=1S/C22H28F2N4OS/c1-2-25-22(27-18-13-15(18)21-16(23)5-3-6-17(21)24)26-14-19(20-7-4-12-30-20)28-8-10-29-11-9-28/h3-7,12,15,18-19H,2,8-11,13-14H2,1H3,(H2,25,26,27). The molecule has 3 atom stereocenters. The quantitative estimate of drug-likeness (QED) is 0.517. The van der Waals surface area contributed by atoms with Crippen LogP contribution in [0.5, 0.6) is 0 Å². The SMILES string of the molecule is CCNC(=NCC(c1cccs1)N1CCOCC1)NC1CC1c1c(F)cccc1F. The summed E-state index contributed by atoms with van der Waals surface area (Å²) in [4.78, 5) is 8.53. The summed E-state index contributed by atoms with van der Waals surface area (Å²) in [5.74, 6) is -0.424. The summed E-state index contributed by atoms with van der Waals surface area (Å²) < 4.78 is 33.7. The molecule has 1 aliphatic carbocycles. The van der Waals surface area contributed by atoms with Crippen LogP contribution >= 0.6 is 11.3 Å². The molecular formula is C22H28F2N4OS. The van der Waals surface area contributed by atoms with Crippen LogP contribution in [0.15, 0.2) is 40.7 Å². The summed E-state index contributed by atoms with van der Waals surface area (Å²) in [6, 6.07) is 8.45. The van der Waals surface area contributed by atoms with Crippen LogP contribution < -0.4 is 10.6 Å². The minimum Gasteiger partial charge on any atom is -0.379 e. The van der Waals surface area contributed by atoms with E-state index in [0.717, 1.165) is 32.8 Å². The van der Waals surface area contributed by atoms with E-state index in [-0.39, 0.29) is 23.6 Å². The van der Waals surface area contributed by atoms with Crippen LogP contribution in [0.1, 0.15) is 35.7 Å². The highest BCUT2D eigenvalue weighted by Gasteiger charge is 2.42. The van der Waals surface area contributed by atoms with Gasteiger partial charge in [-0.3, -0.25) is 9.89 Å². The zero-order chi connectivity index (χ0) is 20.9. The molecule has 2 fully saturated rings. The molecule has 2 aliphatic rings. The van der Waals surface area contributed by atoms with Gasteiger partial charge in [0.15, 0.2) is 5.96 Å². The molecule has 5 nitrogen and oxygen atoms in total. The summed E-state index contributed by atoms with van der Waals surface area (Å²) in [6.07, 6.45) is 0.695. The Kier molecular flexibility index (Phi) is 6.97. The van der Waals surface area contributed by atoms with Crippen LogP contribution in [0.4, 0.5) is 8.78 Å². The Morgan fingerprint density at radius 3 is 2.67 bits per heavy atom. The van der Waals surface area contributed by atoms with Gasteiger partial charge in [-0.1, -0.05) is 12.1 Å². The van der Waals surface area contributed by atoms with Crippen LogP contribution in [0.25, 0.3) is 0 Å². The fourth-order valence-electron chi connectivity index (χ4n) is 3.97. The minimum atomic E-state index is -0.476. The molecule has 0 radical (unpaired) electrons. The van der Waals surface area contributed by atoms with Crippen molar-refractivity contribution in [1.29, 1.82) is 0 Å². The maximum Gasteiger partial charge on any atom is 0.191 e. The lowest BCUT2D eigenvalue weighted by Crippen LogP contribution is -2.42. The monoisotopic (exact) mass is 434 g/mol. The third kappa shape index (κ3) is 4.99. The van der Waals surface area contributed by atoms with Gasteiger partial charge in [-0.2, -0.15) is 0 Å². The van der Waals surface area contributed by atoms with Gasteiger partial charge in [-0.15, -0.1) is 11.3 Å². The predicted molar refractivity (Wildman–Crippen MR) is 116 cm³/mol. The predicted octanol–water partition coefficient (Wildman–Crippen LogP) is 3.51. The lowest BCUT2D eigenvalue weighted by molar-refractivity contribution is 0.0186. The second-order valence-electron chi connectivity index (χ2n) is 7.63. The van der Waals surface area contributed by atoms with Gasteiger partial charge in [0.05, 0.1) is 25.8 Å². The first kappa shape index (κ1) is 21.2. The smallest absolute Gasteiger partial charge is 0.191 e. The van der Waals surface area contributed by atoms with Crippen molar-refractivity contribution in [2.75, 3.05) is 39.4 Å². The third-order valence-corrected chi connectivity index (χ3v) is 6.58. The molecule has 0 bridgehead atoms. The number of aliphatic imine (C=N–C) groups is 1. The summed E-state index contributed by atoms with van der Waals surface area (Å²) in [5, 5.41) is 8.73. The van der Waals surface area contributed by atoms with Crippen molar-refractivity contribution >= 4 is 17.3 Å². The van der Waals surface area contributed by atoms with Gasteiger partial charge in [-0.25, -0.2) is 8.78 Å². The van der Waals surface area contributed by atoms with Crippen molar-refractivity contribution in [3.63, 3.8) is 0 Å². The van der Waals surface area contributed by atoms with Crippen molar-refractivity contribution in [2.24, 2.45) is 4.99 Å². The number of guanidine groups is 1. The number of rotatable bonds is 7. The molecule has 0 spiro atoms. The Morgan fingerprint density at radius 2 is 2.00 bits per heavy atom. The fraction of sp³-hybridized carbons (Fsp3) is 0.500. The van der Waals surface area contributed by atoms with E-state index >= 15 is 0 Å². The van der Waals surface area contributed by atoms with Crippen LogP contribution in [-0.2, 0) is 4.74 Å². The van der Waals surface area contributed by atoms with E-state index < -0.39 is 11.6 Å². The first-order valence-electron chi connectivity index (χ1n) is 10.5. The Bertz CT molecular complexity index is 835. The number of hydrogen-bond donors (Lipinski definition) is 2. The molecule has 1 saturated carbocycles. The largest absolute Gasteiger partial charge is 0.379 e. The third-order valence-electron chi connectivity index (χ3n) is 5.61. The van der Waals surface area contributed by atoms with Gasteiger partial charge in [0.2, 0.25) is 0 Å². The zero-order valence-electron chi connectivity index (χ0n) is 17.1. The molecule has 8 heteroatoms. The molecule has 1 aliphatic heterocycles. The van der Waals surface area contributed by atoms with E-state index in [1.54, 1.807) is 11.3 Å². The van der Waals surface area contributed by atoms with Crippen molar-refractivity contribution in [1.82, 2.24) is 15.5 Å². The number of halogens is 2. The summed E-state index contributed by atoms with van der Waals surface area (Å²) in [7, 11) is 0. The summed E-state index contributed by atoms with van der Waals surface area (Å²) in [5.41, 5.74) is 0.177. The molecule has 2 N–H and O–H groups in total. The molecule has 1 saturated heterocycles. The number of nitrogens with one attached hydrogen (secondary N) is 2. The van der Waals surface area contributed by atoms with E-state index in [2.05, 4.69) is 33.0 Å². The van der Waals surface area contributed by atoms with Crippen molar-refractivity contribution in [3.05, 3.63) is 57.8 Å². The lowest BCUT2D eigenvalue weighted by Gasteiger charge is -2.33. The Hall–Kier alpha value is -2.03. The van der Waals surface area contributed by atoms with Crippen molar-refractivity contribution < 1.29 is 13.5 Å². The first-order valence-corrected chi connectivity index (χ1v) is 11.4. The van der Waals surface area contributed by atoms with Crippen LogP contribution in [0, 0.1) is 11.6 Å². The molecule has 2 aromatic rings. The van der Waals surface area contributed by atoms with Crippen LogP contribution in [0.2, 0.25) is 0 Å². The number of nitrogens with zero attached hydrogens (tertiary/aromatic N) is 2. The second kappa shape index (κ2) is 9.85. The highest BCUT2D eigenvalue weighted by Crippen LogP contribution is 2.43. The normalized spacial score (nSPS) is 23.2. The summed E-state index contributed by atoms with van der Waals surface area (Å²) in [6.45, 7) is 6.60. The average Bonchev–Trinajstić information content (AvgIpc) is 3.26. The van der Waals surface area contributed by atoms with Gasteiger partial charge in [0.1, 0.15) is 11.6 Å². The second-order valence-corrected chi connectivity index (χ2v) is 8.61. The average molecular weight is 435 g/mol. The molecule has 4 rings (SSSR count). The zero-order valence-corrected chi connectivity index (χ0v) is 17.9. The first-order chi connectivity index (χ1) is 14.7. The Labute approximate surface area is 180 Å². The van der Waals surface area contributed by atoms with E-state index in [4.69, 9.17) is 9.73 Å². The van der Waals surface area contributed by atoms with Crippen LogP contribution in [-0.4, -0.2) is 56.3 Å². The van der Waals surface area contributed by atoms with E-state index in [0.29, 0.717) is 18.9 Å². The lowest BCUT2D eigenvalue weighted by atomic mass is 10.1. The number of ether oxygens (including phenoxy) is 1. The van der Waals surface area contributed by atoms with Gasteiger partial charge < -0.3 is 15.4 Å². The number of benzene rings is 1. The molecule has 2 heterocycles.